The van der Waals surface area contributed by atoms with Crippen LogP contribution in [0.4, 0.5) is 0 Å². The number of furan rings is 1. The summed E-state index contributed by atoms with van der Waals surface area (Å²) in [6.07, 6.45) is 0. The van der Waals surface area contributed by atoms with Crippen LogP contribution in [0.1, 0.15) is 0 Å². The molecule has 0 aliphatic rings. The molecule has 3 heteroatoms. The Balaban J connectivity index is 1.11. The molecule has 0 unspecified atom stereocenters. The molecule has 51 heavy (non-hydrogen) atoms. The van der Waals surface area contributed by atoms with Crippen molar-refractivity contribution >= 4 is 43.6 Å². The summed E-state index contributed by atoms with van der Waals surface area (Å²) in [6.45, 7) is 0. The lowest BCUT2D eigenvalue weighted by atomic mass is 9.91. The van der Waals surface area contributed by atoms with Crippen LogP contribution in [-0.2, 0) is 0 Å². The van der Waals surface area contributed by atoms with Crippen molar-refractivity contribution in [3.63, 3.8) is 0 Å². The SMILES string of the molecule is c1ccc(-c2cccc(-c3nc(-c4cccc(-c5cccc(-c6cc7ccccc7c7ccccc67)c5)c4)nc4oc5ccccc5c34)c2)cc1. The van der Waals surface area contributed by atoms with Crippen LogP contribution in [0.5, 0.6) is 0 Å². The van der Waals surface area contributed by atoms with Crippen LogP contribution >= 0.6 is 0 Å². The van der Waals surface area contributed by atoms with E-state index in [-0.39, 0.29) is 0 Å². The molecule has 0 N–H and O–H groups in total. The summed E-state index contributed by atoms with van der Waals surface area (Å²) in [7, 11) is 0. The maximum absolute atomic E-state index is 6.39. The molecule has 0 saturated heterocycles. The van der Waals surface area contributed by atoms with Crippen molar-refractivity contribution in [2.24, 2.45) is 0 Å². The fourth-order valence-electron chi connectivity index (χ4n) is 7.44. The third-order valence-corrected chi connectivity index (χ3v) is 9.88. The second kappa shape index (κ2) is 11.9. The first-order valence-corrected chi connectivity index (χ1v) is 17.2. The van der Waals surface area contributed by atoms with E-state index in [1.807, 2.05) is 24.3 Å². The summed E-state index contributed by atoms with van der Waals surface area (Å²) in [5.41, 5.74) is 11.1. The monoisotopic (exact) mass is 650 g/mol. The van der Waals surface area contributed by atoms with Crippen molar-refractivity contribution in [2.45, 2.75) is 0 Å². The number of para-hydroxylation sites is 1. The number of rotatable bonds is 5. The van der Waals surface area contributed by atoms with Crippen LogP contribution in [-0.4, -0.2) is 9.97 Å². The topological polar surface area (TPSA) is 38.9 Å². The van der Waals surface area contributed by atoms with Crippen LogP contribution in [0.2, 0.25) is 0 Å². The molecule has 0 saturated carbocycles. The minimum absolute atomic E-state index is 0.580. The van der Waals surface area contributed by atoms with E-state index in [0.29, 0.717) is 11.5 Å². The molecule has 8 aromatic carbocycles. The Kier molecular flexibility index (Phi) is 6.81. The number of fused-ring (bicyclic) bond motifs is 6. The van der Waals surface area contributed by atoms with Gasteiger partial charge < -0.3 is 4.42 Å². The molecule has 0 atom stereocenters. The zero-order chi connectivity index (χ0) is 33.7. The second-order valence-electron chi connectivity index (χ2n) is 13.0. The fourth-order valence-corrected chi connectivity index (χ4v) is 7.44. The Hall–Kier alpha value is -6.84. The molecule has 0 aliphatic heterocycles. The van der Waals surface area contributed by atoms with Crippen molar-refractivity contribution in [2.75, 3.05) is 0 Å². The summed E-state index contributed by atoms with van der Waals surface area (Å²) in [4.78, 5) is 10.3. The van der Waals surface area contributed by atoms with Crippen LogP contribution in [0.25, 0.3) is 99.6 Å². The van der Waals surface area contributed by atoms with Gasteiger partial charge in [0.15, 0.2) is 5.82 Å². The molecule has 0 amide bonds. The molecule has 238 valence electrons. The lowest BCUT2D eigenvalue weighted by Crippen LogP contribution is -1.94. The summed E-state index contributed by atoms with van der Waals surface area (Å²) in [6, 6.07) is 64.1. The maximum Gasteiger partial charge on any atom is 0.231 e. The van der Waals surface area contributed by atoms with E-state index in [9.17, 15) is 0 Å². The van der Waals surface area contributed by atoms with Gasteiger partial charge in [0, 0.05) is 16.5 Å². The lowest BCUT2D eigenvalue weighted by molar-refractivity contribution is 0.653. The van der Waals surface area contributed by atoms with E-state index in [1.165, 1.54) is 32.7 Å². The van der Waals surface area contributed by atoms with Gasteiger partial charge >= 0.3 is 0 Å². The van der Waals surface area contributed by atoms with E-state index in [2.05, 4.69) is 158 Å². The van der Waals surface area contributed by atoms with Gasteiger partial charge in [-0.25, -0.2) is 4.98 Å². The molecule has 0 radical (unpaired) electrons. The minimum Gasteiger partial charge on any atom is -0.438 e. The molecule has 10 aromatic rings. The number of aromatic nitrogens is 2. The van der Waals surface area contributed by atoms with E-state index in [1.54, 1.807) is 0 Å². The largest absolute Gasteiger partial charge is 0.438 e. The van der Waals surface area contributed by atoms with Crippen molar-refractivity contribution in [3.8, 4) is 56.0 Å². The minimum atomic E-state index is 0.580. The number of hydrogen-bond donors (Lipinski definition) is 0. The third kappa shape index (κ3) is 5.06. The summed E-state index contributed by atoms with van der Waals surface area (Å²) >= 11 is 0. The first-order valence-electron chi connectivity index (χ1n) is 17.2. The quantitative estimate of drug-likeness (QED) is 0.174. The summed E-state index contributed by atoms with van der Waals surface area (Å²) in [5, 5.41) is 6.95. The van der Waals surface area contributed by atoms with Gasteiger partial charge in [0.25, 0.3) is 0 Å². The lowest BCUT2D eigenvalue weighted by Gasteiger charge is -2.13. The molecule has 0 fully saturated rings. The van der Waals surface area contributed by atoms with E-state index < -0.39 is 0 Å². The summed E-state index contributed by atoms with van der Waals surface area (Å²) < 4.78 is 6.39. The number of benzene rings is 8. The smallest absolute Gasteiger partial charge is 0.231 e. The van der Waals surface area contributed by atoms with Crippen LogP contribution in [0.15, 0.2) is 186 Å². The predicted molar refractivity (Wildman–Crippen MR) is 212 cm³/mol. The number of nitrogens with zero attached hydrogens (tertiary/aromatic N) is 2. The maximum atomic E-state index is 6.39. The normalized spacial score (nSPS) is 11.5. The Bertz CT molecular complexity index is 2920. The molecule has 10 rings (SSSR count). The highest BCUT2D eigenvalue weighted by molar-refractivity contribution is 6.14. The average Bonchev–Trinajstić information content (AvgIpc) is 3.59. The summed E-state index contributed by atoms with van der Waals surface area (Å²) in [5.74, 6) is 0.625. The van der Waals surface area contributed by atoms with Crippen LogP contribution in [0.3, 0.4) is 0 Å². The van der Waals surface area contributed by atoms with Gasteiger partial charge in [-0.1, -0.05) is 152 Å². The molecule has 0 spiro atoms. The van der Waals surface area contributed by atoms with Crippen molar-refractivity contribution in [3.05, 3.63) is 182 Å². The zero-order valence-corrected chi connectivity index (χ0v) is 27.6. The van der Waals surface area contributed by atoms with Crippen molar-refractivity contribution in [1.29, 1.82) is 0 Å². The predicted octanol–water partition coefficient (Wildman–Crippen LogP) is 13.0. The van der Waals surface area contributed by atoms with Gasteiger partial charge in [-0.15, -0.1) is 0 Å². The highest BCUT2D eigenvalue weighted by Crippen LogP contribution is 2.39. The molecule has 2 aromatic heterocycles. The molecule has 2 heterocycles. The fraction of sp³-hybridized carbons (Fsp3) is 0. The van der Waals surface area contributed by atoms with Gasteiger partial charge in [-0.2, -0.15) is 4.98 Å². The first-order chi connectivity index (χ1) is 25.3. The van der Waals surface area contributed by atoms with Crippen molar-refractivity contribution < 1.29 is 4.42 Å². The molecular weight excluding hydrogens is 621 g/mol. The zero-order valence-electron chi connectivity index (χ0n) is 27.6. The van der Waals surface area contributed by atoms with Crippen molar-refractivity contribution in [1.82, 2.24) is 9.97 Å². The third-order valence-electron chi connectivity index (χ3n) is 9.88. The Morgan fingerprint density at radius 3 is 1.71 bits per heavy atom. The van der Waals surface area contributed by atoms with Gasteiger partial charge in [0.05, 0.1) is 11.1 Å². The molecular formula is C48H30N2O. The van der Waals surface area contributed by atoms with E-state index in [4.69, 9.17) is 14.4 Å². The van der Waals surface area contributed by atoms with Gasteiger partial charge in [-0.05, 0) is 85.3 Å². The first kappa shape index (κ1) is 29.1. The standard InChI is InChI=1S/C48H30N2O/c1-2-13-31(14-3-1)32-16-11-20-37(28-32)46-45-42-25-8-9-26-44(42)51-48(45)50-47(49-46)38-21-12-18-34(29-38)33-17-10-19-35(27-33)43-30-36-15-4-5-22-39(36)40-23-6-7-24-41(40)43/h1-30H. The second-order valence-corrected chi connectivity index (χ2v) is 13.0. The van der Waals surface area contributed by atoms with Gasteiger partial charge in [0.1, 0.15) is 5.58 Å². The Morgan fingerprint density at radius 1 is 0.353 bits per heavy atom. The molecule has 0 bridgehead atoms. The van der Waals surface area contributed by atoms with Crippen LogP contribution < -0.4 is 0 Å². The van der Waals surface area contributed by atoms with Crippen LogP contribution in [0, 0.1) is 0 Å². The Labute approximate surface area is 295 Å². The average molecular weight is 651 g/mol. The van der Waals surface area contributed by atoms with E-state index >= 15 is 0 Å². The highest BCUT2D eigenvalue weighted by Gasteiger charge is 2.19. The number of hydrogen-bond acceptors (Lipinski definition) is 3. The Morgan fingerprint density at radius 2 is 0.902 bits per heavy atom. The van der Waals surface area contributed by atoms with Gasteiger partial charge in [0.2, 0.25) is 5.71 Å². The highest BCUT2D eigenvalue weighted by atomic mass is 16.3. The molecule has 3 nitrogen and oxygen atoms in total. The van der Waals surface area contributed by atoms with Gasteiger partial charge in [-0.3, -0.25) is 0 Å². The van der Waals surface area contributed by atoms with E-state index in [0.717, 1.165) is 55.4 Å². The molecule has 0 aliphatic carbocycles.